The predicted octanol–water partition coefficient (Wildman–Crippen LogP) is 2.55. The van der Waals surface area contributed by atoms with E-state index >= 15 is 0 Å². The van der Waals surface area contributed by atoms with Crippen molar-refractivity contribution in [3.63, 3.8) is 0 Å². The molecule has 0 saturated carbocycles. The summed E-state index contributed by atoms with van der Waals surface area (Å²) in [7, 11) is -3.36. The standard InChI is InChI=1S/C16H19F3N2O3S/c1-2-11-3-5-12(6-4-11)13(16(17,18)19)7-9-25(21,24)10-8-14(20)15(22)23/h1,3-6,13-14,21H,7-10,20H2,(H,22,23)/t13?,14-,25?/m0/s1. The first-order chi connectivity index (χ1) is 11.5. The van der Waals surface area contributed by atoms with Gasteiger partial charge in [0.05, 0.1) is 5.92 Å². The van der Waals surface area contributed by atoms with Crippen molar-refractivity contribution in [3.05, 3.63) is 35.4 Å². The molecule has 0 aliphatic rings. The number of benzene rings is 1. The highest BCUT2D eigenvalue weighted by atomic mass is 32.2. The molecule has 2 unspecified atom stereocenters. The van der Waals surface area contributed by atoms with Crippen LogP contribution in [-0.2, 0) is 14.5 Å². The van der Waals surface area contributed by atoms with Crippen LogP contribution in [0.15, 0.2) is 24.3 Å². The van der Waals surface area contributed by atoms with Gasteiger partial charge in [0.15, 0.2) is 0 Å². The van der Waals surface area contributed by atoms with Gasteiger partial charge in [0.1, 0.15) is 6.04 Å². The van der Waals surface area contributed by atoms with Crippen LogP contribution in [0.25, 0.3) is 0 Å². The molecule has 1 rings (SSSR count). The van der Waals surface area contributed by atoms with Crippen molar-refractivity contribution in [2.45, 2.75) is 31.0 Å². The van der Waals surface area contributed by atoms with Crippen LogP contribution in [-0.4, -0.2) is 39.0 Å². The monoisotopic (exact) mass is 376 g/mol. The van der Waals surface area contributed by atoms with E-state index in [1.54, 1.807) is 0 Å². The zero-order chi connectivity index (χ0) is 19.3. The van der Waals surface area contributed by atoms with E-state index in [1.165, 1.54) is 24.3 Å². The molecular weight excluding hydrogens is 357 g/mol. The highest BCUT2D eigenvalue weighted by molar-refractivity contribution is 7.92. The number of hydrogen-bond acceptors (Lipinski definition) is 4. The van der Waals surface area contributed by atoms with Gasteiger partial charge in [0, 0.05) is 26.8 Å². The summed E-state index contributed by atoms with van der Waals surface area (Å²) in [5.74, 6) is -1.74. The Morgan fingerprint density at radius 1 is 1.28 bits per heavy atom. The van der Waals surface area contributed by atoms with Crippen LogP contribution in [0.3, 0.4) is 0 Å². The molecule has 0 aromatic heterocycles. The summed E-state index contributed by atoms with van der Waals surface area (Å²) in [5.41, 5.74) is 5.68. The quantitative estimate of drug-likeness (QED) is 0.607. The molecule has 0 aliphatic heterocycles. The molecule has 3 atom stereocenters. The molecular formula is C16H19F3N2O3S. The second-order valence-electron chi connectivity index (χ2n) is 5.60. The van der Waals surface area contributed by atoms with Gasteiger partial charge in [-0.1, -0.05) is 18.1 Å². The third-order valence-electron chi connectivity index (χ3n) is 3.69. The van der Waals surface area contributed by atoms with Crippen molar-refractivity contribution in [2.24, 2.45) is 5.73 Å². The maximum atomic E-state index is 13.3. The predicted molar refractivity (Wildman–Crippen MR) is 88.6 cm³/mol. The van der Waals surface area contributed by atoms with Crippen LogP contribution in [0.1, 0.15) is 29.9 Å². The summed E-state index contributed by atoms with van der Waals surface area (Å²) in [6.45, 7) is 0. The Morgan fingerprint density at radius 2 is 1.80 bits per heavy atom. The number of rotatable bonds is 8. The molecule has 9 heteroatoms. The molecule has 0 saturated heterocycles. The first-order valence-corrected chi connectivity index (χ1v) is 9.21. The number of carboxylic acid groups (broad SMARTS) is 1. The molecule has 1 aromatic rings. The normalized spacial score (nSPS) is 16.4. The van der Waals surface area contributed by atoms with Gasteiger partial charge >= 0.3 is 12.1 Å². The summed E-state index contributed by atoms with van der Waals surface area (Å²) in [6, 6.07) is 4.01. The topological polar surface area (TPSA) is 104 Å². The average Bonchev–Trinajstić information content (AvgIpc) is 2.52. The molecule has 0 aliphatic carbocycles. The van der Waals surface area contributed by atoms with Gasteiger partial charge in [-0.2, -0.15) is 13.2 Å². The fraction of sp³-hybridized carbons (Fsp3) is 0.438. The minimum Gasteiger partial charge on any atom is -0.480 e. The highest BCUT2D eigenvalue weighted by Crippen LogP contribution is 2.37. The Balaban J connectivity index is 2.83. The van der Waals surface area contributed by atoms with Gasteiger partial charge in [-0.3, -0.25) is 9.57 Å². The van der Waals surface area contributed by atoms with Crippen LogP contribution in [0, 0.1) is 17.1 Å². The van der Waals surface area contributed by atoms with E-state index in [-0.39, 0.29) is 17.7 Å². The van der Waals surface area contributed by atoms with Gasteiger partial charge in [0.25, 0.3) is 0 Å². The zero-order valence-electron chi connectivity index (χ0n) is 13.3. The fourth-order valence-corrected chi connectivity index (χ4v) is 3.64. The van der Waals surface area contributed by atoms with E-state index < -0.39 is 46.0 Å². The summed E-state index contributed by atoms with van der Waals surface area (Å²) in [4.78, 5) is 10.6. The van der Waals surface area contributed by atoms with Crippen molar-refractivity contribution >= 4 is 15.7 Å². The Morgan fingerprint density at radius 3 is 2.24 bits per heavy atom. The number of hydrogen-bond donors (Lipinski definition) is 3. The van der Waals surface area contributed by atoms with E-state index in [0.29, 0.717) is 5.56 Å². The van der Waals surface area contributed by atoms with Crippen molar-refractivity contribution in [2.75, 3.05) is 11.5 Å². The molecule has 0 heterocycles. The fourth-order valence-electron chi connectivity index (χ4n) is 2.18. The first-order valence-electron chi connectivity index (χ1n) is 7.32. The number of nitrogens with one attached hydrogen (secondary N) is 1. The number of carboxylic acids is 1. The summed E-state index contributed by atoms with van der Waals surface area (Å²) in [6.07, 6.45) is -0.164. The van der Waals surface area contributed by atoms with E-state index in [2.05, 4.69) is 5.92 Å². The number of carbonyl (C=O) groups is 1. The Hall–Kier alpha value is -2.05. The summed E-state index contributed by atoms with van der Waals surface area (Å²) >= 11 is 0. The third-order valence-corrected chi connectivity index (χ3v) is 5.48. The summed E-state index contributed by atoms with van der Waals surface area (Å²) in [5, 5.41) is 8.65. The van der Waals surface area contributed by atoms with Crippen molar-refractivity contribution in [1.82, 2.24) is 0 Å². The van der Waals surface area contributed by atoms with Crippen LogP contribution < -0.4 is 5.73 Å². The third kappa shape index (κ3) is 6.76. The lowest BCUT2D eigenvalue weighted by Gasteiger charge is -2.21. The maximum absolute atomic E-state index is 13.3. The van der Waals surface area contributed by atoms with Crippen LogP contribution in [0.5, 0.6) is 0 Å². The van der Waals surface area contributed by atoms with Crippen molar-refractivity contribution in [1.29, 1.82) is 4.78 Å². The van der Waals surface area contributed by atoms with Gasteiger partial charge in [0.2, 0.25) is 0 Å². The molecule has 5 nitrogen and oxygen atoms in total. The molecule has 0 bridgehead atoms. The molecule has 138 valence electrons. The Kier molecular flexibility index (Phi) is 7.02. The minimum atomic E-state index is -4.56. The van der Waals surface area contributed by atoms with Gasteiger partial charge < -0.3 is 10.8 Å². The lowest BCUT2D eigenvalue weighted by atomic mass is 9.95. The van der Waals surface area contributed by atoms with Gasteiger partial charge in [-0.05, 0) is 30.5 Å². The average molecular weight is 376 g/mol. The lowest BCUT2D eigenvalue weighted by Crippen LogP contribution is -2.32. The van der Waals surface area contributed by atoms with Gasteiger partial charge in [-0.25, -0.2) is 4.21 Å². The lowest BCUT2D eigenvalue weighted by molar-refractivity contribution is -0.150. The number of nitrogens with two attached hydrogens (primary N) is 1. The Bertz CT molecular complexity index is 737. The molecule has 0 fully saturated rings. The van der Waals surface area contributed by atoms with Crippen LogP contribution >= 0.6 is 0 Å². The highest BCUT2D eigenvalue weighted by Gasteiger charge is 2.40. The van der Waals surface area contributed by atoms with Crippen molar-refractivity contribution < 1.29 is 27.3 Å². The Labute approximate surface area is 144 Å². The second-order valence-corrected chi connectivity index (χ2v) is 8.04. The van der Waals surface area contributed by atoms with E-state index in [4.69, 9.17) is 22.0 Å². The largest absolute Gasteiger partial charge is 0.480 e. The first kappa shape index (κ1) is 21.0. The SMILES string of the molecule is C#Cc1ccc(C(CCS(=N)(=O)CC[C@H](N)C(=O)O)C(F)(F)F)cc1. The van der Waals surface area contributed by atoms with Crippen molar-refractivity contribution in [3.8, 4) is 12.3 Å². The van der Waals surface area contributed by atoms with Gasteiger partial charge in [-0.15, -0.1) is 6.42 Å². The minimum absolute atomic E-state index is 0.0241. The smallest absolute Gasteiger partial charge is 0.395 e. The van der Waals surface area contributed by atoms with Crippen LogP contribution in [0.4, 0.5) is 13.2 Å². The summed E-state index contributed by atoms with van der Waals surface area (Å²) < 4.78 is 59.6. The zero-order valence-corrected chi connectivity index (χ0v) is 14.1. The van der Waals surface area contributed by atoms with E-state index in [1.807, 2.05) is 0 Å². The number of alkyl halides is 3. The molecule has 0 radical (unpaired) electrons. The number of halogens is 3. The number of terminal acetylenes is 1. The maximum Gasteiger partial charge on any atom is 0.395 e. The van der Waals surface area contributed by atoms with Crippen LogP contribution in [0.2, 0.25) is 0 Å². The molecule has 1 aromatic carbocycles. The van der Waals surface area contributed by atoms with E-state index in [0.717, 1.165) is 0 Å². The number of aliphatic carboxylic acids is 1. The molecule has 0 amide bonds. The molecule has 25 heavy (non-hydrogen) atoms. The second kappa shape index (κ2) is 8.36. The molecule has 0 spiro atoms. The molecule has 4 N–H and O–H groups in total. The van der Waals surface area contributed by atoms with E-state index in [9.17, 15) is 22.2 Å².